The third-order valence-electron chi connectivity index (χ3n) is 6.20. The molecule has 2 bridgehead atoms. The first-order chi connectivity index (χ1) is 14.4. The van der Waals surface area contributed by atoms with Crippen LogP contribution in [-0.2, 0) is 9.59 Å². The number of fused-ring (bicyclic) bond motifs is 5. The Morgan fingerprint density at radius 2 is 1.53 bits per heavy atom. The van der Waals surface area contributed by atoms with E-state index >= 15 is 0 Å². The van der Waals surface area contributed by atoms with Gasteiger partial charge in [0.05, 0.1) is 23.1 Å². The molecule has 4 atom stereocenters. The molecule has 7 nitrogen and oxygen atoms in total. The van der Waals surface area contributed by atoms with Gasteiger partial charge < -0.3 is 10.4 Å². The molecule has 2 N–H and O–H groups in total. The van der Waals surface area contributed by atoms with Crippen molar-refractivity contribution in [1.82, 2.24) is 0 Å². The molecule has 0 unspecified atom stereocenters. The second-order valence-corrected chi connectivity index (χ2v) is 7.90. The van der Waals surface area contributed by atoms with Gasteiger partial charge >= 0.3 is 5.97 Å². The third-order valence-corrected chi connectivity index (χ3v) is 6.20. The number of rotatable bonds is 4. The molecular weight excluding hydrogens is 384 g/mol. The number of carboxylic acid groups (broad SMARTS) is 1. The molecule has 7 heteroatoms. The highest BCUT2D eigenvalue weighted by molar-refractivity contribution is 6.23. The molecule has 30 heavy (non-hydrogen) atoms. The molecule has 2 fully saturated rings. The standard InChI is InChI=1S/C23H18N2O5/c26-20(24-16-5-1-4-15(10-16)23(29)30)14-3-2-6-17(11-14)25-21(27)18-12-7-8-13(9-12)19(18)22(25)28/h1-8,10-13,18-19H,9H2,(H,24,26)(H,29,30)/t12-,13-,18-,19-/m0/s1. The van der Waals surface area contributed by atoms with Crippen LogP contribution in [0.4, 0.5) is 11.4 Å². The normalized spacial score (nSPS) is 26.2. The summed E-state index contributed by atoms with van der Waals surface area (Å²) in [7, 11) is 0. The largest absolute Gasteiger partial charge is 0.478 e. The Morgan fingerprint density at radius 1 is 0.900 bits per heavy atom. The van der Waals surface area contributed by atoms with Gasteiger partial charge in [-0.3, -0.25) is 14.4 Å². The van der Waals surface area contributed by atoms with E-state index in [2.05, 4.69) is 5.32 Å². The highest BCUT2D eigenvalue weighted by Gasteiger charge is 2.59. The summed E-state index contributed by atoms with van der Waals surface area (Å²) in [5, 5.41) is 11.7. The number of allylic oxidation sites excluding steroid dienone is 2. The maximum absolute atomic E-state index is 13.0. The number of nitrogens with one attached hydrogen (secondary N) is 1. The van der Waals surface area contributed by atoms with E-state index in [1.54, 1.807) is 24.3 Å². The fraction of sp³-hybridized carbons (Fsp3) is 0.217. The maximum Gasteiger partial charge on any atom is 0.335 e. The van der Waals surface area contributed by atoms with Crippen molar-refractivity contribution in [1.29, 1.82) is 0 Å². The second kappa shape index (κ2) is 6.66. The number of hydrogen-bond donors (Lipinski definition) is 2. The Bertz CT molecular complexity index is 1110. The van der Waals surface area contributed by atoms with E-state index in [4.69, 9.17) is 5.11 Å². The molecule has 3 amide bonds. The van der Waals surface area contributed by atoms with Crippen molar-refractivity contribution in [2.24, 2.45) is 23.7 Å². The van der Waals surface area contributed by atoms with Gasteiger partial charge in [0.2, 0.25) is 11.8 Å². The molecule has 1 saturated carbocycles. The first kappa shape index (κ1) is 18.3. The highest BCUT2D eigenvalue weighted by atomic mass is 16.4. The van der Waals surface area contributed by atoms with Crippen LogP contribution in [0.3, 0.4) is 0 Å². The van der Waals surface area contributed by atoms with Crippen molar-refractivity contribution < 1.29 is 24.3 Å². The average molecular weight is 402 g/mol. The number of carboxylic acids is 1. The quantitative estimate of drug-likeness (QED) is 0.605. The molecule has 5 rings (SSSR count). The molecule has 0 aromatic heterocycles. The predicted octanol–water partition coefficient (Wildman–Crippen LogP) is 2.95. The van der Waals surface area contributed by atoms with E-state index in [0.717, 1.165) is 6.42 Å². The van der Waals surface area contributed by atoms with Gasteiger partial charge in [0.15, 0.2) is 0 Å². The van der Waals surface area contributed by atoms with E-state index < -0.39 is 11.9 Å². The number of amides is 3. The van der Waals surface area contributed by atoms with E-state index in [-0.39, 0.29) is 46.6 Å². The summed E-state index contributed by atoms with van der Waals surface area (Å²) in [5.41, 5.74) is 1.05. The second-order valence-electron chi connectivity index (χ2n) is 7.90. The van der Waals surface area contributed by atoms with E-state index in [1.807, 2.05) is 12.2 Å². The van der Waals surface area contributed by atoms with Crippen molar-refractivity contribution >= 4 is 35.1 Å². The van der Waals surface area contributed by atoms with Crippen LogP contribution in [0.25, 0.3) is 0 Å². The van der Waals surface area contributed by atoms with E-state index in [9.17, 15) is 19.2 Å². The van der Waals surface area contributed by atoms with Crippen molar-refractivity contribution in [3.8, 4) is 0 Å². The number of anilines is 2. The fourth-order valence-corrected chi connectivity index (χ4v) is 4.88. The van der Waals surface area contributed by atoms with Crippen LogP contribution < -0.4 is 10.2 Å². The number of imide groups is 1. The van der Waals surface area contributed by atoms with Gasteiger partial charge in [-0.2, -0.15) is 0 Å². The highest BCUT2D eigenvalue weighted by Crippen LogP contribution is 2.53. The maximum atomic E-state index is 13.0. The monoisotopic (exact) mass is 402 g/mol. The Morgan fingerprint density at radius 3 is 2.20 bits per heavy atom. The zero-order valence-electron chi connectivity index (χ0n) is 15.8. The molecule has 0 radical (unpaired) electrons. The molecule has 0 spiro atoms. The van der Waals surface area contributed by atoms with Gasteiger partial charge in [0.1, 0.15) is 0 Å². The van der Waals surface area contributed by atoms with Crippen molar-refractivity contribution in [2.45, 2.75) is 6.42 Å². The molecule has 1 saturated heterocycles. The summed E-state index contributed by atoms with van der Waals surface area (Å²) in [6.45, 7) is 0. The smallest absolute Gasteiger partial charge is 0.335 e. The zero-order chi connectivity index (χ0) is 21.0. The lowest BCUT2D eigenvalue weighted by atomic mass is 9.85. The van der Waals surface area contributed by atoms with Crippen LogP contribution in [-0.4, -0.2) is 28.8 Å². The summed E-state index contributed by atoms with van der Waals surface area (Å²) in [6, 6.07) is 12.3. The summed E-state index contributed by atoms with van der Waals surface area (Å²) < 4.78 is 0. The minimum absolute atomic E-state index is 0.0598. The average Bonchev–Trinajstić information content (AvgIpc) is 3.42. The Labute approximate surface area is 172 Å². The molecule has 2 aromatic carbocycles. The number of nitrogens with zero attached hydrogens (tertiary/aromatic N) is 1. The van der Waals surface area contributed by atoms with Gasteiger partial charge in [-0.15, -0.1) is 0 Å². The van der Waals surface area contributed by atoms with Crippen LogP contribution in [0.15, 0.2) is 60.7 Å². The van der Waals surface area contributed by atoms with Crippen molar-refractivity contribution in [3.05, 3.63) is 71.8 Å². The van der Waals surface area contributed by atoms with Crippen LogP contribution in [0.1, 0.15) is 27.1 Å². The number of aromatic carboxylic acids is 1. The summed E-state index contributed by atoms with van der Waals surface area (Å²) in [6.07, 6.45) is 4.93. The van der Waals surface area contributed by atoms with Gasteiger partial charge in [-0.05, 0) is 54.7 Å². The lowest BCUT2D eigenvalue weighted by Crippen LogP contribution is -2.33. The van der Waals surface area contributed by atoms with Gasteiger partial charge in [-0.25, -0.2) is 9.69 Å². The van der Waals surface area contributed by atoms with Crippen molar-refractivity contribution in [3.63, 3.8) is 0 Å². The number of hydrogen-bond acceptors (Lipinski definition) is 4. The molecule has 2 aromatic rings. The number of benzene rings is 2. The van der Waals surface area contributed by atoms with Gasteiger partial charge in [-0.1, -0.05) is 24.3 Å². The van der Waals surface area contributed by atoms with Crippen LogP contribution in [0.5, 0.6) is 0 Å². The topological polar surface area (TPSA) is 104 Å². The molecule has 150 valence electrons. The number of carbonyl (C=O) groups excluding carboxylic acids is 3. The fourth-order valence-electron chi connectivity index (χ4n) is 4.88. The lowest BCUT2D eigenvalue weighted by Gasteiger charge is -2.18. The Balaban J connectivity index is 1.39. The summed E-state index contributed by atoms with van der Waals surface area (Å²) in [5.74, 6) is -2.31. The molecular formula is C23H18N2O5. The van der Waals surface area contributed by atoms with E-state index in [0.29, 0.717) is 11.4 Å². The first-order valence-electron chi connectivity index (χ1n) is 9.75. The van der Waals surface area contributed by atoms with Crippen LogP contribution in [0.2, 0.25) is 0 Å². The summed E-state index contributed by atoms with van der Waals surface area (Å²) in [4.78, 5) is 51.0. The Hall–Kier alpha value is -3.74. The van der Waals surface area contributed by atoms with Crippen LogP contribution >= 0.6 is 0 Å². The van der Waals surface area contributed by atoms with E-state index in [1.165, 1.54) is 29.2 Å². The first-order valence-corrected chi connectivity index (χ1v) is 9.75. The lowest BCUT2D eigenvalue weighted by molar-refractivity contribution is -0.123. The van der Waals surface area contributed by atoms with Crippen LogP contribution in [0, 0.1) is 23.7 Å². The Kier molecular flexibility index (Phi) is 4.06. The minimum atomic E-state index is -1.09. The predicted molar refractivity (Wildman–Crippen MR) is 108 cm³/mol. The zero-order valence-corrected chi connectivity index (χ0v) is 15.8. The molecule has 2 aliphatic carbocycles. The third kappa shape index (κ3) is 2.74. The SMILES string of the molecule is O=C(O)c1cccc(NC(=O)c2cccc(N3C(=O)[C@@H]4[C@@H](C3=O)[C@H]3C=C[C@H]4C3)c2)c1. The molecule has 1 heterocycles. The van der Waals surface area contributed by atoms with Gasteiger partial charge in [0, 0.05) is 11.3 Å². The summed E-state index contributed by atoms with van der Waals surface area (Å²) >= 11 is 0. The van der Waals surface area contributed by atoms with Gasteiger partial charge in [0.25, 0.3) is 5.91 Å². The minimum Gasteiger partial charge on any atom is -0.478 e. The molecule has 1 aliphatic heterocycles. The number of carbonyl (C=O) groups is 4. The molecule has 3 aliphatic rings. The van der Waals surface area contributed by atoms with Crippen molar-refractivity contribution in [2.75, 3.05) is 10.2 Å².